The molecule has 0 aromatic rings. The maximum absolute atomic E-state index is 10.3. The van der Waals surface area contributed by atoms with Crippen LogP contribution in [0.3, 0.4) is 0 Å². The lowest BCUT2D eigenvalue weighted by molar-refractivity contribution is -0.140. The SMILES string of the molecule is C=CC.CC(=O)N(C)C(C)=O.F. The predicted octanol–water partition coefficient (Wildman–Crippen LogP) is 1.36. The quantitative estimate of drug-likeness (QED) is 0.524. The van der Waals surface area contributed by atoms with Crippen molar-refractivity contribution in [2.24, 2.45) is 0 Å². The molecule has 0 saturated carbocycles. The molecule has 0 heterocycles. The molecule has 3 nitrogen and oxygen atoms in total. The summed E-state index contributed by atoms with van der Waals surface area (Å²) >= 11 is 0. The Kier molecular flexibility index (Phi) is 13.9. The van der Waals surface area contributed by atoms with Gasteiger partial charge in [0.1, 0.15) is 0 Å². The lowest BCUT2D eigenvalue weighted by Crippen LogP contribution is -2.28. The monoisotopic (exact) mass is 177 g/mol. The van der Waals surface area contributed by atoms with Crippen LogP contribution in [0.1, 0.15) is 20.8 Å². The number of allylic oxidation sites excluding steroid dienone is 1. The summed E-state index contributed by atoms with van der Waals surface area (Å²) < 4.78 is 0. The number of imide groups is 1. The summed E-state index contributed by atoms with van der Waals surface area (Å²) in [5, 5.41) is 0. The highest BCUT2D eigenvalue weighted by atomic mass is 19.0. The number of halogens is 1. The van der Waals surface area contributed by atoms with Crippen molar-refractivity contribution in [1.29, 1.82) is 0 Å². The molecule has 0 atom stereocenters. The first kappa shape index (κ1) is 17.1. The molecule has 0 rings (SSSR count). The number of amides is 2. The normalized spacial score (nSPS) is 6.67. The van der Waals surface area contributed by atoms with Gasteiger partial charge in [-0.1, -0.05) is 6.08 Å². The fourth-order valence-electron chi connectivity index (χ4n) is 0.222. The van der Waals surface area contributed by atoms with E-state index in [0.717, 1.165) is 4.90 Å². The minimum absolute atomic E-state index is 0. The van der Waals surface area contributed by atoms with E-state index < -0.39 is 0 Å². The van der Waals surface area contributed by atoms with E-state index in [-0.39, 0.29) is 16.5 Å². The predicted molar refractivity (Wildman–Crippen MR) is 47.5 cm³/mol. The molecule has 4 heteroatoms. The molecule has 12 heavy (non-hydrogen) atoms. The van der Waals surface area contributed by atoms with Crippen molar-refractivity contribution in [3.63, 3.8) is 0 Å². The second kappa shape index (κ2) is 9.81. The molecule has 0 saturated heterocycles. The molecule has 0 aliphatic carbocycles. The molecule has 0 N–H and O–H groups in total. The number of rotatable bonds is 0. The molecule has 0 radical (unpaired) electrons. The average molecular weight is 177 g/mol. The summed E-state index contributed by atoms with van der Waals surface area (Å²) in [7, 11) is 1.45. The van der Waals surface area contributed by atoms with E-state index in [2.05, 4.69) is 6.58 Å². The second-order valence-corrected chi connectivity index (χ2v) is 2.01. The second-order valence-electron chi connectivity index (χ2n) is 2.01. The highest BCUT2D eigenvalue weighted by Crippen LogP contribution is 1.81. The molecule has 2 amide bonds. The zero-order valence-electron chi connectivity index (χ0n) is 7.96. The summed E-state index contributed by atoms with van der Waals surface area (Å²) in [5.74, 6) is -0.449. The zero-order chi connectivity index (χ0) is 9.44. The Balaban J connectivity index is -0.000000177. The summed E-state index contributed by atoms with van der Waals surface area (Å²) in [6.45, 7) is 7.95. The van der Waals surface area contributed by atoms with Gasteiger partial charge >= 0.3 is 0 Å². The van der Waals surface area contributed by atoms with E-state index in [9.17, 15) is 9.59 Å². The molecule has 0 aliphatic rings. The van der Waals surface area contributed by atoms with E-state index in [0.29, 0.717) is 0 Å². The third kappa shape index (κ3) is 11.6. The van der Waals surface area contributed by atoms with Gasteiger partial charge in [-0.05, 0) is 6.92 Å². The Morgan fingerprint density at radius 1 is 1.25 bits per heavy atom. The third-order valence-corrected chi connectivity index (χ3v) is 0.945. The van der Waals surface area contributed by atoms with Crippen molar-refractivity contribution in [1.82, 2.24) is 4.90 Å². The molecule has 0 aliphatic heterocycles. The van der Waals surface area contributed by atoms with Crippen LogP contribution in [0.2, 0.25) is 0 Å². The van der Waals surface area contributed by atoms with Gasteiger partial charge < -0.3 is 0 Å². The van der Waals surface area contributed by atoms with Crippen LogP contribution < -0.4 is 0 Å². The van der Waals surface area contributed by atoms with E-state index in [4.69, 9.17) is 0 Å². The van der Waals surface area contributed by atoms with Crippen molar-refractivity contribution in [2.75, 3.05) is 7.05 Å². The maximum atomic E-state index is 10.3. The van der Waals surface area contributed by atoms with E-state index in [1.54, 1.807) is 6.08 Å². The van der Waals surface area contributed by atoms with Gasteiger partial charge in [-0.15, -0.1) is 6.58 Å². The van der Waals surface area contributed by atoms with Gasteiger partial charge in [-0.25, -0.2) is 0 Å². The fourth-order valence-corrected chi connectivity index (χ4v) is 0.222. The molecule has 0 aromatic carbocycles. The Morgan fingerprint density at radius 3 is 1.42 bits per heavy atom. The van der Waals surface area contributed by atoms with Crippen LogP contribution in [0.15, 0.2) is 12.7 Å². The molecule has 0 spiro atoms. The largest absolute Gasteiger partial charge is 0.286 e. The van der Waals surface area contributed by atoms with Gasteiger partial charge in [0.2, 0.25) is 11.8 Å². The van der Waals surface area contributed by atoms with E-state index >= 15 is 0 Å². The fraction of sp³-hybridized carbons (Fsp3) is 0.500. The lowest BCUT2D eigenvalue weighted by atomic mass is 10.5. The van der Waals surface area contributed by atoms with Crippen LogP contribution >= 0.6 is 0 Å². The lowest BCUT2D eigenvalue weighted by Gasteiger charge is -2.07. The van der Waals surface area contributed by atoms with Crippen molar-refractivity contribution in [3.05, 3.63) is 12.7 Å². The van der Waals surface area contributed by atoms with Crippen molar-refractivity contribution >= 4 is 11.8 Å². The van der Waals surface area contributed by atoms with Gasteiger partial charge in [0.25, 0.3) is 0 Å². The van der Waals surface area contributed by atoms with Gasteiger partial charge in [0.15, 0.2) is 0 Å². The van der Waals surface area contributed by atoms with Crippen LogP contribution in [0.25, 0.3) is 0 Å². The maximum Gasteiger partial charge on any atom is 0.225 e. The highest BCUT2D eigenvalue weighted by Gasteiger charge is 2.04. The Labute approximate surface area is 72.4 Å². The van der Waals surface area contributed by atoms with Crippen molar-refractivity contribution < 1.29 is 14.3 Å². The minimum Gasteiger partial charge on any atom is -0.286 e. The molecule has 0 aromatic heterocycles. The Morgan fingerprint density at radius 2 is 1.42 bits per heavy atom. The summed E-state index contributed by atoms with van der Waals surface area (Å²) in [6, 6.07) is 0. The summed E-state index contributed by atoms with van der Waals surface area (Å²) in [6.07, 6.45) is 1.75. The van der Waals surface area contributed by atoms with Gasteiger partial charge in [-0.2, -0.15) is 0 Å². The number of carbonyl (C=O) groups excluding carboxylic acids is 2. The number of nitrogens with zero attached hydrogens (tertiary/aromatic N) is 1. The highest BCUT2D eigenvalue weighted by molar-refractivity contribution is 5.92. The van der Waals surface area contributed by atoms with Crippen LogP contribution in [0, 0.1) is 0 Å². The average Bonchev–Trinajstić information content (AvgIpc) is 1.87. The smallest absolute Gasteiger partial charge is 0.225 e. The number of carbonyl (C=O) groups is 2. The molecular weight excluding hydrogens is 161 g/mol. The van der Waals surface area contributed by atoms with Crippen molar-refractivity contribution in [3.8, 4) is 0 Å². The third-order valence-electron chi connectivity index (χ3n) is 0.945. The van der Waals surface area contributed by atoms with Gasteiger partial charge in [0.05, 0.1) is 0 Å². The number of hydrogen-bond donors (Lipinski definition) is 0. The minimum atomic E-state index is -0.225. The van der Waals surface area contributed by atoms with Gasteiger partial charge in [0, 0.05) is 20.9 Å². The molecular formula is C8H16FNO2. The van der Waals surface area contributed by atoms with Gasteiger partial charge in [-0.3, -0.25) is 19.2 Å². The van der Waals surface area contributed by atoms with E-state index in [1.165, 1.54) is 20.9 Å². The first-order chi connectivity index (χ1) is 4.97. The molecule has 0 bridgehead atoms. The van der Waals surface area contributed by atoms with Crippen LogP contribution in [0.5, 0.6) is 0 Å². The van der Waals surface area contributed by atoms with Crippen molar-refractivity contribution in [2.45, 2.75) is 20.8 Å². The van der Waals surface area contributed by atoms with Crippen LogP contribution in [-0.4, -0.2) is 23.8 Å². The molecule has 0 fully saturated rings. The molecule has 0 unspecified atom stereocenters. The van der Waals surface area contributed by atoms with Crippen LogP contribution in [-0.2, 0) is 9.59 Å². The topological polar surface area (TPSA) is 37.4 Å². The zero-order valence-corrected chi connectivity index (χ0v) is 7.96. The summed E-state index contributed by atoms with van der Waals surface area (Å²) in [5.41, 5.74) is 0. The molecule has 72 valence electrons. The van der Waals surface area contributed by atoms with Crippen LogP contribution in [0.4, 0.5) is 4.70 Å². The Bertz CT molecular complexity index is 143. The first-order valence-corrected chi connectivity index (χ1v) is 3.29. The summed E-state index contributed by atoms with van der Waals surface area (Å²) in [4.78, 5) is 21.6. The standard InChI is InChI=1S/C5H9NO2.C3H6.FH/c1-4(7)6(3)5(2)8;1-3-2;/h1-3H3;3H,1H2,2H3;1H. The van der Waals surface area contributed by atoms with E-state index in [1.807, 2.05) is 6.92 Å². The first-order valence-electron chi connectivity index (χ1n) is 3.29. The Hall–Kier alpha value is -1.19. The number of hydrogen-bond acceptors (Lipinski definition) is 2.